The minimum Gasteiger partial charge on any atom is -0.412 e. The van der Waals surface area contributed by atoms with Crippen molar-refractivity contribution < 1.29 is 14.3 Å². The lowest BCUT2D eigenvalue weighted by Gasteiger charge is -2.40. The molecule has 0 radical (unpaired) electrons. The Morgan fingerprint density at radius 1 is 1.42 bits per heavy atom. The highest BCUT2D eigenvalue weighted by atomic mass is 32.1. The molecule has 112 valence electrons. The minimum absolute atomic E-state index is 0.000626. The van der Waals surface area contributed by atoms with E-state index in [0.717, 1.165) is 0 Å². The number of hydrogen-bond acceptors (Lipinski definition) is 4. The maximum Gasteiger partial charge on any atom is 0.192 e. The third-order valence-corrected chi connectivity index (χ3v) is 9.99. The Labute approximate surface area is 125 Å². The van der Waals surface area contributed by atoms with Gasteiger partial charge in [0.15, 0.2) is 8.32 Å². The molecule has 0 aliphatic carbocycles. The molecule has 1 unspecified atom stereocenters. The van der Waals surface area contributed by atoms with Crippen LogP contribution in [0.25, 0.3) is 0 Å². The molecule has 1 aliphatic rings. The average molecular weight is 304 g/mol. The second kappa shape index (κ2) is 5.72. The van der Waals surface area contributed by atoms with Crippen molar-refractivity contribution in [2.75, 3.05) is 12.4 Å². The van der Waals surface area contributed by atoms with Gasteiger partial charge in [-0.3, -0.25) is 0 Å². The molecule has 0 spiro atoms. The lowest BCUT2D eigenvalue weighted by molar-refractivity contribution is -0.0505. The van der Waals surface area contributed by atoms with E-state index in [0.29, 0.717) is 5.75 Å². The molecule has 0 bridgehead atoms. The van der Waals surface area contributed by atoms with Crippen LogP contribution in [0.4, 0.5) is 0 Å². The van der Waals surface area contributed by atoms with Gasteiger partial charge in [-0.1, -0.05) is 27.7 Å². The summed E-state index contributed by atoms with van der Waals surface area (Å²) in [6, 6.07) is 0.00317. The molecule has 0 aromatic rings. The largest absolute Gasteiger partial charge is 0.412 e. The van der Waals surface area contributed by atoms with Crippen LogP contribution in [0.2, 0.25) is 18.1 Å². The van der Waals surface area contributed by atoms with Crippen molar-refractivity contribution in [2.24, 2.45) is 5.92 Å². The number of hydrogen-bond donors (Lipinski definition) is 2. The molecule has 1 fully saturated rings. The van der Waals surface area contributed by atoms with Crippen molar-refractivity contribution in [1.29, 1.82) is 0 Å². The van der Waals surface area contributed by atoms with Gasteiger partial charge < -0.3 is 14.3 Å². The van der Waals surface area contributed by atoms with Crippen LogP contribution in [0.15, 0.2) is 0 Å². The summed E-state index contributed by atoms with van der Waals surface area (Å²) >= 11 is 4.36. The smallest absolute Gasteiger partial charge is 0.192 e. The summed E-state index contributed by atoms with van der Waals surface area (Å²) in [6.07, 6.45) is 0.0418. The van der Waals surface area contributed by atoms with Crippen LogP contribution in [-0.4, -0.2) is 51.3 Å². The summed E-state index contributed by atoms with van der Waals surface area (Å²) in [7, 11) is 0.209. The van der Waals surface area contributed by atoms with Crippen molar-refractivity contribution in [3.63, 3.8) is 0 Å². The van der Waals surface area contributed by atoms with Gasteiger partial charge in [0.1, 0.15) is 13.4 Å². The number of rotatable bonds is 4. The van der Waals surface area contributed by atoms with Crippen molar-refractivity contribution in [3.8, 4) is 0 Å². The van der Waals surface area contributed by atoms with Crippen LogP contribution in [0, 0.1) is 5.92 Å². The summed E-state index contributed by atoms with van der Waals surface area (Å²) in [5.74, 6) is 0.672. The zero-order chi connectivity index (χ0) is 15.1. The number of thiol groups is 1. The quantitative estimate of drug-likeness (QED) is 0.613. The van der Waals surface area contributed by atoms with Crippen LogP contribution in [0.1, 0.15) is 27.7 Å². The number of aliphatic hydroxyl groups is 1. The first-order valence-electron chi connectivity index (χ1n) is 7.08. The van der Waals surface area contributed by atoms with Gasteiger partial charge in [-0.05, 0) is 18.1 Å². The van der Waals surface area contributed by atoms with E-state index in [9.17, 15) is 5.11 Å². The van der Waals surface area contributed by atoms with Gasteiger partial charge in [0, 0.05) is 17.7 Å². The maximum absolute atomic E-state index is 9.66. The highest BCUT2D eigenvalue weighted by Crippen LogP contribution is 2.43. The zero-order valence-corrected chi connectivity index (χ0v) is 15.3. The third-order valence-electron chi connectivity index (χ3n) is 4.98. The van der Waals surface area contributed by atoms with Gasteiger partial charge in [-0.15, -0.1) is 0 Å². The topological polar surface area (TPSA) is 38.7 Å². The normalized spacial score (nSPS) is 36.7. The van der Waals surface area contributed by atoms with E-state index in [2.05, 4.69) is 53.4 Å². The summed E-state index contributed by atoms with van der Waals surface area (Å²) in [6.45, 7) is 13.3. The summed E-state index contributed by atoms with van der Waals surface area (Å²) < 4.78 is 12.5. The highest BCUT2D eigenvalue weighted by Gasteiger charge is 2.53. The van der Waals surface area contributed by atoms with Crippen molar-refractivity contribution in [1.82, 2.24) is 0 Å². The second-order valence-electron chi connectivity index (χ2n) is 7.34. The van der Waals surface area contributed by atoms with E-state index < -0.39 is 13.9 Å². The standard InChI is InChI=1S/C13H29BO3SSi/c1-9-10(17-19(5,6)12(2,3)4)11(14)16-13(9,7-15)8-18/h9-11,15,18H,7-8,14H2,1-6H3/t9?,10-,11+,13-/m0/s1. The lowest BCUT2D eigenvalue weighted by Crippen LogP contribution is -2.49. The molecule has 0 aromatic heterocycles. The van der Waals surface area contributed by atoms with Gasteiger partial charge >= 0.3 is 0 Å². The molecular weight excluding hydrogens is 275 g/mol. The molecule has 0 saturated carbocycles. The molecule has 1 rings (SSSR count). The number of aliphatic hydroxyl groups excluding tert-OH is 1. The van der Waals surface area contributed by atoms with Crippen molar-refractivity contribution >= 4 is 28.8 Å². The predicted octanol–water partition coefficient (Wildman–Crippen LogP) is 1.66. The lowest BCUT2D eigenvalue weighted by atomic mass is 9.84. The van der Waals surface area contributed by atoms with Gasteiger partial charge in [0.25, 0.3) is 0 Å². The van der Waals surface area contributed by atoms with Gasteiger partial charge in [0.05, 0.1) is 12.7 Å². The first kappa shape index (κ1) is 17.6. The first-order chi connectivity index (χ1) is 8.50. The van der Waals surface area contributed by atoms with E-state index in [1.165, 1.54) is 0 Å². The van der Waals surface area contributed by atoms with E-state index >= 15 is 0 Å². The van der Waals surface area contributed by atoms with Crippen LogP contribution in [-0.2, 0) is 9.16 Å². The van der Waals surface area contributed by atoms with E-state index in [1.807, 2.05) is 7.85 Å². The molecule has 4 atom stereocenters. The predicted molar refractivity (Wildman–Crippen MR) is 88.3 cm³/mol. The highest BCUT2D eigenvalue weighted by molar-refractivity contribution is 7.80. The Bertz CT molecular complexity index is 316. The SMILES string of the molecule is B[C@@H]1O[C@@](CO)(CS)C(C)[C@@H]1O[Si](C)(C)C(C)(C)C. The molecule has 1 saturated heterocycles. The summed E-state index contributed by atoms with van der Waals surface area (Å²) in [5.41, 5.74) is -0.560. The molecule has 0 aromatic carbocycles. The molecule has 1 heterocycles. The Balaban J connectivity index is 2.91. The summed E-state index contributed by atoms with van der Waals surface area (Å²) in [5, 5.41) is 9.84. The van der Waals surface area contributed by atoms with Crippen LogP contribution < -0.4 is 0 Å². The third kappa shape index (κ3) is 3.23. The van der Waals surface area contributed by atoms with Gasteiger partial charge in [-0.2, -0.15) is 12.6 Å². The van der Waals surface area contributed by atoms with Crippen LogP contribution in [0.5, 0.6) is 0 Å². The molecule has 0 amide bonds. The Kier molecular flexibility index (Phi) is 5.28. The van der Waals surface area contributed by atoms with Crippen LogP contribution in [0.3, 0.4) is 0 Å². The maximum atomic E-state index is 9.66. The van der Waals surface area contributed by atoms with Crippen LogP contribution >= 0.6 is 12.6 Å². The first-order valence-corrected chi connectivity index (χ1v) is 10.6. The summed E-state index contributed by atoms with van der Waals surface area (Å²) in [4.78, 5) is 0. The zero-order valence-electron chi connectivity index (χ0n) is 13.4. The Morgan fingerprint density at radius 3 is 2.26 bits per heavy atom. The fourth-order valence-electron chi connectivity index (χ4n) is 2.38. The molecule has 3 nitrogen and oxygen atoms in total. The fraction of sp³-hybridized carbons (Fsp3) is 1.00. The van der Waals surface area contributed by atoms with Crippen molar-refractivity contribution in [2.45, 2.75) is 63.5 Å². The number of ether oxygens (including phenoxy) is 1. The van der Waals surface area contributed by atoms with Gasteiger partial charge in [0.2, 0.25) is 0 Å². The van der Waals surface area contributed by atoms with Crippen molar-refractivity contribution in [3.05, 3.63) is 0 Å². The van der Waals surface area contributed by atoms with E-state index in [4.69, 9.17) is 9.16 Å². The fourth-order valence-corrected chi connectivity index (χ4v) is 4.27. The Morgan fingerprint density at radius 2 is 1.95 bits per heavy atom. The molecule has 1 aliphatic heterocycles. The minimum atomic E-state index is -1.83. The average Bonchev–Trinajstić information content (AvgIpc) is 2.52. The van der Waals surface area contributed by atoms with E-state index in [-0.39, 0.29) is 29.7 Å². The van der Waals surface area contributed by atoms with Gasteiger partial charge in [-0.25, -0.2) is 0 Å². The van der Waals surface area contributed by atoms with E-state index in [1.54, 1.807) is 0 Å². The monoisotopic (exact) mass is 304 g/mol. The molecule has 6 heteroatoms. The second-order valence-corrected chi connectivity index (χ2v) is 12.4. The molecular formula is C13H29BO3SSi. The molecule has 1 N–H and O–H groups in total. The molecule has 19 heavy (non-hydrogen) atoms. The Hall–Kier alpha value is 0.512.